The number of H-pyrrole nitrogens is 1. The number of nitrogens with one attached hydrogen (secondary N) is 2. The third-order valence-electron chi connectivity index (χ3n) is 5.73. The van der Waals surface area contributed by atoms with Gasteiger partial charge in [0.1, 0.15) is 16.5 Å². The van der Waals surface area contributed by atoms with Crippen molar-refractivity contribution in [2.24, 2.45) is 17.6 Å². The lowest BCUT2D eigenvalue weighted by Crippen LogP contribution is -2.37. The number of carbonyl (C=O) groups excluding carboxylic acids is 1. The molecule has 2 aromatic heterocycles. The molecule has 1 aliphatic rings. The number of thiazole rings is 1. The van der Waals surface area contributed by atoms with Gasteiger partial charge in [0.15, 0.2) is 0 Å². The summed E-state index contributed by atoms with van der Waals surface area (Å²) in [5, 5.41) is 6.07. The molecule has 29 heavy (non-hydrogen) atoms. The van der Waals surface area contributed by atoms with Crippen LogP contribution in [0, 0.1) is 11.8 Å². The van der Waals surface area contributed by atoms with Crippen molar-refractivity contribution in [3.8, 4) is 10.7 Å². The van der Waals surface area contributed by atoms with Crippen LogP contribution in [0.4, 0.5) is 0 Å². The number of carbonyl (C=O) groups is 1. The van der Waals surface area contributed by atoms with E-state index in [1.165, 1.54) is 0 Å². The third kappa shape index (κ3) is 4.92. The molecule has 152 valence electrons. The first kappa shape index (κ1) is 19.8. The molecular weight excluding hydrogens is 382 g/mol. The van der Waals surface area contributed by atoms with E-state index in [2.05, 4.69) is 27.4 Å². The predicted octanol–water partition coefficient (Wildman–Crippen LogP) is 3.70. The van der Waals surface area contributed by atoms with E-state index in [1.54, 1.807) is 17.5 Å². The zero-order valence-electron chi connectivity index (χ0n) is 16.4. The first-order chi connectivity index (χ1) is 14.2. The molecule has 2 heterocycles. The van der Waals surface area contributed by atoms with Gasteiger partial charge in [-0.3, -0.25) is 4.79 Å². The van der Waals surface area contributed by atoms with E-state index >= 15 is 0 Å². The van der Waals surface area contributed by atoms with Crippen LogP contribution in [-0.2, 0) is 11.2 Å². The lowest BCUT2D eigenvalue weighted by molar-refractivity contribution is -0.127. The van der Waals surface area contributed by atoms with Gasteiger partial charge in [-0.15, -0.1) is 11.3 Å². The molecule has 4 rings (SSSR count). The summed E-state index contributed by atoms with van der Waals surface area (Å²) in [6.45, 7) is 0.719. The number of imidazole rings is 1. The average Bonchev–Trinajstić information content (AvgIpc) is 3.46. The van der Waals surface area contributed by atoms with Gasteiger partial charge in [-0.05, 0) is 50.1 Å². The van der Waals surface area contributed by atoms with Gasteiger partial charge in [0, 0.05) is 23.7 Å². The lowest BCUT2D eigenvalue weighted by Gasteiger charge is -2.28. The van der Waals surface area contributed by atoms with E-state index in [1.807, 2.05) is 29.8 Å². The zero-order valence-corrected chi connectivity index (χ0v) is 17.2. The molecule has 4 N–H and O–H groups in total. The molecule has 0 aliphatic heterocycles. The second kappa shape index (κ2) is 9.33. The molecular formula is C22H27N5OS. The normalized spacial score (nSPS) is 20.3. The van der Waals surface area contributed by atoms with Gasteiger partial charge in [-0.1, -0.05) is 30.3 Å². The highest BCUT2D eigenvalue weighted by atomic mass is 32.1. The monoisotopic (exact) mass is 409 g/mol. The minimum Gasteiger partial charge on any atom is -0.346 e. The number of hydrogen-bond donors (Lipinski definition) is 3. The second-order valence-corrected chi connectivity index (χ2v) is 8.61. The molecule has 1 amide bonds. The third-order valence-corrected chi connectivity index (χ3v) is 6.52. The largest absolute Gasteiger partial charge is 0.346 e. The van der Waals surface area contributed by atoms with Crippen molar-refractivity contribution in [3.63, 3.8) is 0 Å². The first-order valence-electron chi connectivity index (χ1n) is 10.2. The van der Waals surface area contributed by atoms with Crippen LogP contribution in [0.5, 0.6) is 0 Å². The highest BCUT2D eigenvalue weighted by Crippen LogP contribution is 2.29. The average molecular weight is 410 g/mol. The van der Waals surface area contributed by atoms with Crippen LogP contribution in [0.15, 0.2) is 48.1 Å². The van der Waals surface area contributed by atoms with E-state index < -0.39 is 0 Å². The fourth-order valence-electron chi connectivity index (χ4n) is 3.99. The van der Waals surface area contributed by atoms with Gasteiger partial charge >= 0.3 is 0 Å². The molecule has 1 atom stereocenters. The molecule has 1 fully saturated rings. The van der Waals surface area contributed by atoms with E-state index in [9.17, 15) is 4.79 Å². The van der Waals surface area contributed by atoms with Gasteiger partial charge in [0.25, 0.3) is 0 Å². The van der Waals surface area contributed by atoms with Crippen molar-refractivity contribution in [1.29, 1.82) is 0 Å². The van der Waals surface area contributed by atoms with Gasteiger partial charge in [0.2, 0.25) is 5.91 Å². The number of benzene rings is 1. The molecule has 0 bridgehead atoms. The Morgan fingerprint density at radius 2 is 2.03 bits per heavy atom. The number of amides is 1. The standard InChI is InChI=1S/C22H27N5OS/c23-13-16-6-8-17(9-7-16)21(28)27-18(12-15-4-2-1-3-5-15)20-25-14-19(26-20)22-24-10-11-29-22/h1-5,10-11,14,16-18H,6-9,12-13,23H2,(H,25,26)(H,27,28)/t16-,17-,18-/m0/s1. The maximum atomic E-state index is 13.0. The van der Waals surface area contributed by atoms with E-state index in [-0.39, 0.29) is 17.9 Å². The highest BCUT2D eigenvalue weighted by molar-refractivity contribution is 7.13. The Bertz CT molecular complexity index is 900. The Hall–Kier alpha value is -2.51. The number of aromatic nitrogens is 3. The minimum atomic E-state index is -0.203. The topological polar surface area (TPSA) is 96.7 Å². The summed E-state index contributed by atoms with van der Waals surface area (Å²) in [6, 6.07) is 10.00. The molecule has 6 nitrogen and oxygen atoms in total. The maximum Gasteiger partial charge on any atom is 0.223 e. The summed E-state index contributed by atoms with van der Waals surface area (Å²) >= 11 is 1.55. The van der Waals surface area contributed by atoms with Crippen molar-refractivity contribution in [2.45, 2.75) is 38.1 Å². The van der Waals surface area contributed by atoms with Crippen molar-refractivity contribution < 1.29 is 4.79 Å². The van der Waals surface area contributed by atoms with Crippen LogP contribution in [0.3, 0.4) is 0 Å². The predicted molar refractivity (Wildman–Crippen MR) is 115 cm³/mol. The minimum absolute atomic E-state index is 0.0597. The number of aromatic amines is 1. The smallest absolute Gasteiger partial charge is 0.223 e. The van der Waals surface area contributed by atoms with Crippen molar-refractivity contribution in [1.82, 2.24) is 20.3 Å². The fourth-order valence-corrected chi connectivity index (χ4v) is 4.59. The van der Waals surface area contributed by atoms with Gasteiger partial charge in [-0.25, -0.2) is 9.97 Å². The van der Waals surface area contributed by atoms with Crippen molar-refractivity contribution in [3.05, 3.63) is 59.5 Å². The maximum absolute atomic E-state index is 13.0. The molecule has 1 saturated carbocycles. The van der Waals surface area contributed by atoms with Crippen LogP contribution < -0.4 is 11.1 Å². The number of rotatable bonds is 7. The molecule has 0 spiro atoms. The zero-order chi connectivity index (χ0) is 20.1. The quantitative estimate of drug-likeness (QED) is 0.554. The number of hydrogen-bond acceptors (Lipinski definition) is 5. The second-order valence-electron chi connectivity index (χ2n) is 7.71. The van der Waals surface area contributed by atoms with Crippen molar-refractivity contribution >= 4 is 17.2 Å². The molecule has 0 radical (unpaired) electrons. The fraction of sp³-hybridized carbons (Fsp3) is 0.409. The van der Waals surface area contributed by atoms with Crippen LogP contribution in [0.1, 0.15) is 43.1 Å². The van der Waals surface area contributed by atoms with Crippen LogP contribution in [0.2, 0.25) is 0 Å². The van der Waals surface area contributed by atoms with Crippen LogP contribution in [0.25, 0.3) is 10.7 Å². The lowest BCUT2D eigenvalue weighted by atomic mass is 9.81. The Kier molecular flexibility index (Phi) is 6.36. The summed E-state index contributed by atoms with van der Waals surface area (Å²) in [6.07, 6.45) is 8.22. The van der Waals surface area contributed by atoms with Gasteiger partial charge < -0.3 is 16.0 Å². The Balaban J connectivity index is 1.50. The molecule has 1 aliphatic carbocycles. The summed E-state index contributed by atoms with van der Waals surface area (Å²) in [5.41, 5.74) is 7.77. The molecule has 0 saturated heterocycles. The summed E-state index contributed by atoms with van der Waals surface area (Å²) < 4.78 is 0. The number of nitrogens with two attached hydrogens (primary N) is 1. The summed E-state index contributed by atoms with van der Waals surface area (Å²) in [4.78, 5) is 25.3. The first-order valence-corrected chi connectivity index (χ1v) is 11.1. The Morgan fingerprint density at radius 3 is 2.72 bits per heavy atom. The Morgan fingerprint density at radius 1 is 1.24 bits per heavy atom. The van der Waals surface area contributed by atoms with E-state index in [0.29, 0.717) is 12.3 Å². The van der Waals surface area contributed by atoms with Gasteiger partial charge in [0.05, 0.1) is 6.04 Å². The van der Waals surface area contributed by atoms with E-state index in [4.69, 9.17) is 10.7 Å². The molecule has 1 aromatic carbocycles. The van der Waals surface area contributed by atoms with Crippen molar-refractivity contribution in [2.75, 3.05) is 6.54 Å². The summed E-state index contributed by atoms with van der Waals surface area (Å²) in [7, 11) is 0. The SMILES string of the molecule is NC[C@H]1CC[C@H](C(=O)N[C@@H](Cc2ccccc2)c2nc(-c3nccs3)c[nH]2)CC1. The molecule has 0 unspecified atom stereocenters. The van der Waals surface area contributed by atoms with Crippen LogP contribution in [-0.4, -0.2) is 27.4 Å². The Labute approximate surface area is 175 Å². The summed E-state index contributed by atoms with van der Waals surface area (Å²) in [5.74, 6) is 1.51. The highest BCUT2D eigenvalue weighted by Gasteiger charge is 2.28. The van der Waals surface area contributed by atoms with E-state index in [0.717, 1.165) is 54.3 Å². The molecule has 3 aromatic rings. The molecule has 7 heteroatoms. The van der Waals surface area contributed by atoms with Gasteiger partial charge in [-0.2, -0.15) is 0 Å². The van der Waals surface area contributed by atoms with Crippen LogP contribution >= 0.6 is 11.3 Å². The number of nitrogens with zero attached hydrogens (tertiary/aromatic N) is 2.